The number of aliphatic hydroxyl groups is 1. The third-order valence-electron chi connectivity index (χ3n) is 4.53. The molecule has 23 heavy (non-hydrogen) atoms. The summed E-state index contributed by atoms with van der Waals surface area (Å²) in [5.41, 5.74) is 3.03. The normalized spacial score (nSPS) is 16.5. The topological polar surface area (TPSA) is 52.6 Å². The number of amides is 1. The maximum Gasteiger partial charge on any atom is 0.254 e. The van der Waals surface area contributed by atoms with Gasteiger partial charge in [-0.05, 0) is 48.8 Å². The lowest BCUT2D eigenvalue weighted by atomic mass is 9.95. The summed E-state index contributed by atoms with van der Waals surface area (Å²) in [6.45, 7) is 11.2. The molecule has 1 fully saturated rings. The first-order chi connectivity index (χ1) is 10.8. The lowest BCUT2D eigenvalue weighted by molar-refractivity contribution is 0.0650. The Balaban J connectivity index is 2.09. The Morgan fingerprint density at radius 1 is 1.30 bits per heavy atom. The number of likely N-dealkylation sites (tertiary alicyclic amines) is 1. The molecule has 0 saturated carbocycles. The number of benzene rings is 1. The highest BCUT2D eigenvalue weighted by atomic mass is 16.3. The van der Waals surface area contributed by atoms with Crippen molar-refractivity contribution in [1.29, 1.82) is 0 Å². The number of carbonyl (C=O) groups is 1. The number of piperidine rings is 1. The monoisotopic (exact) mass is 318 g/mol. The second-order valence-corrected chi connectivity index (χ2v) is 7.81. The van der Waals surface area contributed by atoms with Crippen LogP contribution in [-0.2, 0) is 0 Å². The van der Waals surface area contributed by atoms with Crippen LogP contribution in [0.5, 0.6) is 0 Å². The van der Waals surface area contributed by atoms with E-state index >= 15 is 0 Å². The van der Waals surface area contributed by atoms with Crippen LogP contribution in [0.3, 0.4) is 0 Å². The fourth-order valence-electron chi connectivity index (χ4n) is 2.91. The SMILES string of the molecule is Cc1c(NCC(C)(C)C)cccc1C(=O)N1CCC(CO)CC1. The Kier molecular flexibility index (Phi) is 5.69. The number of hydrogen-bond donors (Lipinski definition) is 2. The van der Waals surface area contributed by atoms with E-state index in [0.717, 1.165) is 49.3 Å². The van der Waals surface area contributed by atoms with Gasteiger partial charge < -0.3 is 15.3 Å². The van der Waals surface area contributed by atoms with Crippen LogP contribution in [0.1, 0.15) is 49.5 Å². The van der Waals surface area contributed by atoms with Crippen LogP contribution in [0, 0.1) is 18.3 Å². The van der Waals surface area contributed by atoms with E-state index in [9.17, 15) is 9.90 Å². The fraction of sp³-hybridized carbons (Fsp3) is 0.632. The molecule has 0 radical (unpaired) electrons. The molecule has 0 bridgehead atoms. The Morgan fingerprint density at radius 2 is 1.96 bits per heavy atom. The summed E-state index contributed by atoms with van der Waals surface area (Å²) < 4.78 is 0. The summed E-state index contributed by atoms with van der Waals surface area (Å²) in [6, 6.07) is 5.90. The Hall–Kier alpha value is -1.55. The van der Waals surface area contributed by atoms with Crippen LogP contribution >= 0.6 is 0 Å². The number of aliphatic hydroxyl groups excluding tert-OH is 1. The maximum absolute atomic E-state index is 12.8. The van der Waals surface area contributed by atoms with Gasteiger partial charge in [-0.25, -0.2) is 0 Å². The Bertz CT molecular complexity index is 541. The summed E-state index contributed by atoms with van der Waals surface area (Å²) in [5.74, 6) is 0.457. The fourth-order valence-corrected chi connectivity index (χ4v) is 2.91. The van der Waals surface area contributed by atoms with Gasteiger partial charge in [0.05, 0.1) is 0 Å². The van der Waals surface area contributed by atoms with Gasteiger partial charge in [0.2, 0.25) is 0 Å². The van der Waals surface area contributed by atoms with Crippen molar-refractivity contribution in [3.63, 3.8) is 0 Å². The summed E-state index contributed by atoms with van der Waals surface area (Å²) in [5, 5.41) is 12.7. The third-order valence-corrected chi connectivity index (χ3v) is 4.53. The minimum Gasteiger partial charge on any atom is -0.396 e. The average Bonchev–Trinajstić information content (AvgIpc) is 2.52. The van der Waals surface area contributed by atoms with E-state index in [0.29, 0.717) is 5.92 Å². The van der Waals surface area contributed by atoms with Gasteiger partial charge in [0.15, 0.2) is 0 Å². The van der Waals surface area contributed by atoms with E-state index in [2.05, 4.69) is 26.1 Å². The van der Waals surface area contributed by atoms with Crippen LogP contribution in [-0.4, -0.2) is 42.2 Å². The average molecular weight is 318 g/mol. The molecule has 0 atom stereocenters. The number of carbonyl (C=O) groups excluding carboxylic acids is 1. The molecule has 4 nitrogen and oxygen atoms in total. The molecule has 0 spiro atoms. The zero-order valence-corrected chi connectivity index (χ0v) is 14.9. The van der Waals surface area contributed by atoms with E-state index in [1.807, 2.05) is 30.0 Å². The number of nitrogens with zero attached hydrogens (tertiary/aromatic N) is 1. The molecule has 1 aromatic carbocycles. The van der Waals surface area contributed by atoms with Crippen molar-refractivity contribution in [1.82, 2.24) is 4.90 Å². The summed E-state index contributed by atoms with van der Waals surface area (Å²) in [6.07, 6.45) is 1.78. The summed E-state index contributed by atoms with van der Waals surface area (Å²) >= 11 is 0. The minimum atomic E-state index is 0.110. The highest BCUT2D eigenvalue weighted by molar-refractivity contribution is 5.97. The third kappa shape index (κ3) is 4.71. The predicted molar refractivity (Wildman–Crippen MR) is 94.8 cm³/mol. The molecule has 128 valence electrons. The second kappa shape index (κ2) is 7.35. The standard InChI is InChI=1S/C19H30N2O2/c1-14-16(6-5-7-17(14)20-13-19(2,3)4)18(23)21-10-8-15(12-22)9-11-21/h5-7,15,20,22H,8-13H2,1-4H3. The van der Waals surface area contributed by atoms with E-state index in [4.69, 9.17) is 0 Å². The molecule has 1 aliphatic heterocycles. The lowest BCUT2D eigenvalue weighted by Crippen LogP contribution is -2.39. The van der Waals surface area contributed by atoms with Gasteiger partial charge >= 0.3 is 0 Å². The minimum absolute atomic E-state index is 0.110. The van der Waals surface area contributed by atoms with Crippen molar-refractivity contribution < 1.29 is 9.90 Å². The van der Waals surface area contributed by atoms with Crippen molar-refractivity contribution in [2.45, 2.75) is 40.5 Å². The number of rotatable bonds is 4. The van der Waals surface area contributed by atoms with E-state index < -0.39 is 0 Å². The summed E-state index contributed by atoms with van der Waals surface area (Å²) in [4.78, 5) is 14.7. The number of anilines is 1. The molecule has 2 rings (SSSR count). The first-order valence-electron chi connectivity index (χ1n) is 8.55. The van der Waals surface area contributed by atoms with Crippen molar-refractivity contribution in [2.75, 3.05) is 31.6 Å². The number of nitrogens with one attached hydrogen (secondary N) is 1. The van der Waals surface area contributed by atoms with Crippen LogP contribution in [0.25, 0.3) is 0 Å². The molecular formula is C19H30N2O2. The van der Waals surface area contributed by atoms with Crippen LogP contribution < -0.4 is 5.32 Å². The van der Waals surface area contributed by atoms with Gasteiger partial charge in [-0.3, -0.25) is 4.79 Å². The Morgan fingerprint density at radius 3 is 2.52 bits per heavy atom. The van der Waals surface area contributed by atoms with Crippen molar-refractivity contribution in [2.24, 2.45) is 11.3 Å². The van der Waals surface area contributed by atoms with E-state index in [-0.39, 0.29) is 17.9 Å². The van der Waals surface area contributed by atoms with Crippen molar-refractivity contribution >= 4 is 11.6 Å². The van der Waals surface area contributed by atoms with Gasteiger partial charge in [0, 0.05) is 37.5 Å². The zero-order chi connectivity index (χ0) is 17.0. The second-order valence-electron chi connectivity index (χ2n) is 7.81. The van der Waals surface area contributed by atoms with Gasteiger partial charge in [-0.15, -0.1) is 0 Å². The maximum atomic E-state index is 12.8. The quantitative estimate of drug-likeness (QED) is 0.895. The molecule has 0 aromatic heterocycles. The van der Waals surface area contributed by atoms with Gasteiger partial charge in [0.25, 0.3) is 5.91 Å². The largest absolute Gasteiger partial charge is 0.396 e. The number of hydrogen-bond acceptors (Lipinski definition) is 3. The summed E-state index contributed by atoms with van der Waals surface area (Å²) in [7, 11) is 0. The van der Waals surface area contributed by atoms with Crippen molar-refractivity contribution in [3.05, 3.63) is 29.3 Å². The highest BCUT2D eigenvalue weighted by Crippen LogP contribution is 2.24. The molecule has 2 N–H and O–H groups in total. The molecule has 1 aromatic rings. The first-order valence-corrected chi connectivity index (χ1v) is 8.55. The zero-order valence-electron chi connectivity index (χ0n) is 14.9. The lowest BCUT2D eigenvalue weighted by Gasteiger charge is -2.31. The predicted octanol–water partition coefficient (Wildman–Crippen LogP) is 3.30. The molecule has 0 unspecified atom stereocenters. The van der Waals surface area contributed by atoms with Gasteiger partial charge in [-0.1, -0.05) is 26.8 Å². The smallest absolute Gasteiger partial charge is 0.254 e. The molecule has 0 aliphatic carbocycles. The van der Waals surface area contributed by atoms with Crippen LogP contribution in [0.2, 0.25) is 0 Å². The first kappa shape index (κ1) is 17.8. The van der Waals surface area contributed by atoms with Crippen molar-refractivity contribution in [3.8, 4) is 0 Å². The van der Waals surface area contributed by atoms with Gasteiger partial charge in [0.1, 0.15) is 0 Å². The Labute approximate surface area is 139 Å². The molecule has 1 heterocycles. The van der Waals surface area contributed by atoms with Crippen LogP contribution in [0.4, 0.5) is 5.69 Å². The van der Waals surface area contributed by atoms with Crippen LogP contribution in [0.15, 0.2) is 18.2 Å². The van der Waals surface area contributed by atoms with Gasteiger partial charge in [-0.2, -0.15) is 0 Å². The molecule has 1 amide bonds. The molecule has 4 heteroatoms. The van der Waals surface area contributed by atoms with E-state index in [1.165, 1.54) is 0 Å². The van der Waals surface area contributed by atoms with E-state index in [1.54, 1.807) is 0 Å². The highest BCUT2D eigenvalue weighted by Gasteiger charge is 2.24. The molecule has 1 saturated heterocycles. The molecular weight excluding hydrogens is 288 g/mol. The molecule has 1 aliphatic rings.